The van der Waals surface area contributed by atoms with Crippen LogP contribution in [0.25, 0.3) is 0 Å². The SMILES string of the molecule is NC(=O)NN=C(C(=S)Nc1ccc(Cl)cc1)c1ccccc1. The molecule has 0 heterocycles. The first-order valence-electron chi connectivity index (χ1n) is 6.32. The summed E-state index contributed by atoms with van der Waals surface area (Å²) in [5.41, 5.74) is 9.17. The number of anilines is 1. The van der Waals surface area contributed by atoms with Crippen molar-refractivity contribution < 1.29 is 4.79 Å². The van der Waals surface area contributed by atoms with Gasteiger partial charge in [0, 0.05) is 16.3 Å². The van der Waals surface area contributed by atoms with Crippen LogP contribution in [-0.2, 0) is 0 Å². The summed E-state index contributed by atoms with van der Waals surface area (Å²) in [4.78, 5) is 11.2. The number of carbonyl (C=O) groups is 1. The fourth-order valence-electron chi connectivity index (χ4n) is 1.68. The van der Waals surface area contributed by atoms with Crippen LogP contribution in [-0.4, -0.2) is 16.7 Å². The molecule has 2 aromatic rings. The zero-order valence-corrected chi connectivity index (χ0v) is 13.0. The number of rotatable bonds is 4. The van der Waals surface area contributed by atoms with E-state index in [0.29, 0.717) is 15.7 Å². The lowest BCUT2D eigenvalue weighted by atomic mass is 10.1. The third kappa shape index (κ3) is 4.54. The first-order valence-corrected chi connectivity index (χ1v) is 7.10. The Morgan fingerprint density at radius 2 is 1.73 bits per heavy atom. The Kier molecular flexibility index (Phi) is 5.46. The molecule has 112 valence electrons. The molecule has 0 unspecified atom stereocenters. The molecule has 2 aromatic carbocycles. The number of primary amides is 1. The van der Waals surface area contributed by atoms with Crippen LogP contribution in [0.3, 0.4) is 0 Å². The summed E-state index contributed by atoms with van der Waals surface area (Å²) in [7, 11) is 0. The Morgan fingerprint density at radius 1 is 1.09 bits per heavy atom. The maximum Gasteiger partial charge on any atom is 0.332 e. The molecule has 2 amide bonds. The van der Waals surface area contributed by atoms with Gasteiger partial charge in [0.15, 0.2) is 0 Å². The standard InChI is InChI=1S/C15H13ClN4OS/c16-11-6-8-12(9-7-11)18-14(22)13(19-20-15(17)21)10-4-2-1-3-5-10/h1-9H,(H,18,22)(H3,17,20,21). The molecule has 0 bridgehead atoms. The van der Waals surface area contributed by atoms with Crippen LogP contribution in [0, 0.1) is 0 Å². The van der Waals surface area contributed by atoms with E-state index in [0.717, 1.165) is 11.3 Å². The lowest BCUT2D eigenvalue weighted by molar-refractivity contribution is 0.249. The Labute approximate surface area is 138 Å². The van der Waals surface area contributed by atoms with Gasteiger partial charge in [-0.25, -0.2) is 10.2 Å². The van der Waals surface area contributed by atoms with Crippen LogP contribution in [0.4, 0.5) is 10.5 Å². The van der Waals surface area contributed by atoms with Gasteiger partial charge in [-0.1, -0.05) is 54.2 Å². The third-order valence-electron chi connectivity index (χ3n) is 2.64. The van der Waals surface area contributed by atoms with Gasteiger partial charge in [-0.15, -0.1) is 0 Å². The van der Waals surface area contributed by atoms with Crippen LogP contribution in [0.2, 0.25) is 5.02 Å². The zero-order valence-electron chi connectivity index (χ0n) is 11.4. The van der Waals surface area contributed by atoms with E-state index in [9.17, 15) is 4.79 Å². The van der Waals surface area contributed by atoms with Crippen LogP contribution < -0.4 is 16.5 Å². The molecule has 0 saturated carbocycles. The molecule has 0 fully saturated rings. The average Bonchev–Trinajstić information content (AvgIpc) is 2.50. The van der Waals surface area contributed by atoms with Gasteiger partial charge in [0.1, 0.15) is 10.7 Å². The number of nitrogens with two attached hydrogens (primary N) is 1. The largest absolute Gasteiger partial charge is 0.350 e. The summed E-state index contributed by atoms with van der Waals surface area (Å²) in [6.07, 6.45) is 0. The Bertz CT molecular complexity index is 701. The molecule has 0 spiro atoms. The van der Waals surface area contributed by atoms with Gasteiger partial charge in [-0.05, 0) is 24.3 Å². The van der Waals surface area contributed by atoms with Crippen molar-refractivity contribution in [3.63, 3.8) is 0 Å². The van der Waals surface area contributed by atoms with Crippen molar-refractivity contribution >= 4 is 46.2 Å². The molecule has 5 nitrogen and oxygen atoms in total. The van der Waals surface area contributed by atoms with Crippen LogP contribution in [0.15, 0.2) is 59.7 Å². The Hall–Kier alpha value is -2.44. The van der Waals surface area contributed by atoms with Gasteiger partial charge in [0.05, 0.1) is 0 Å². The minimum absolute atomic E-state index is 0.349. The lowest BCUT2D eigenvalue weighted by Gasteiger charge is -2.11. The molecule has 0 radical (unpaired) electrons. The number of hydrazone groups is 1. The molecular formula is C15H13ClN4OS. The first kappa shape index (κ1) is 15.9. The predicted molar refractivity (Wildman–Crippen MR) is 93.4 cm³/mol. The van der Waals surface area contributed by atoms with Crippen molar-refractivity contribution in [2.75, 3.05) is 5.32 Å². The minimum atomic E-state index is -0.761. The molecule has 2 rings (SSSR count). The number of carbonyl (C=O) groups excluding carboxylic acids is 1. The molecule has 4 N–H and O–H groups in total. The highest BCUT2D eigenvalue weighted by Gasteiger charge is 2.11. The molecule has 0 aliphatic heterocycles. The first-order chi connectivity index (χ1) is 10.6. The maximum atomic E-state index is 10.9. The number of hydrogen-bond donors (Lipinski definition) is 3. The number of nitrogens with one attached hydrogen (secondary N) is 2. The van der Waals surface area contributed by atoms with Gasteiger partial charge in [-0.2, -0.15) is 5.10 Å². The fourth-order valence-corrected chi connectivity index (χ4v) is 2.08. The van der Waals surface area contributed by atoms with E-state index in [2.05, 4.69) is 15.8 Å². The Morgan fingerprint density at radius 3 is 2.32 bits per heavy atom. The number of thiocarbonyl (C=S) groups is 1. The fraction of sp³-hybridized carbons (Fsp3) is 0. The van der Waals surface area contributed by atoms with E-state index in [4.69, 9.17) is 29.6 Å². The quantitative estimate of drug-likeness (QED) is 0.457. The van der Waals surface area contributed by atoms with E-state index in [-0.39, 0.29) is 0 Å². The second-order valence-electron chi connectivity index (χ2n) is 4.26. The number of benzene rings is 2. The molecule has 0 aromatic heterocycles. The van der Waals surface area contributed by atoms with Crippen molar-refractivity contribution in [2.24, 2.45) is 10.8 Å². The average molecular weight is 333 g/mol. The molecule has 0 aliphatic carbocycles. The topological polar surface area (TPSA) is 79.5 Å². The third-order valence-corrected chi connectivity index (χ3v) is 3.19. The summed E-state index contributed by atoms with van der Waals surface area (Å²) in [5, 5.41) is 7.64. The van der Waals surface area contributed by atoms with Gasteiger partial charge < -0.3 is 11.1 Å². The maximum absolute atomic E-state index is 10.9. The second kappa shape index (κ2) is 7.53. The van der Waals surface area contributed by atoms with Crippen molar-refractivity contribution in [3.8, 4) is 0 Å². The smallest absolute Gasteiger partial charge is 0.332 e. The molecular weight excluding hydrogens is 320 g/mol. The highest BCUT2D eigenvalue weighted by molar-refractivity contribution is 7.82. The van der Waals surface area contributed by atoms with Crippen molar-refractivity contribution in [3.05, 3.63) is 65.2 Å². The van der Waals surface area contributed by atoms with E-state index < -0.39 is 6.03 Å². The van der Waals surface area contributed by atoms with Crippen molar-refractivity contribution in [1.29, 1.82) is 0 Å². The van der Waals surface area contributed by atoms with E-state index in [1.54, 1.807) is 24.3 Å². The predicted octanol–water partition coefficient (Wildman–Crippen LogP) is 3.15. The number of hydrogen-bond acceptors (Lipinski definition) is 3. The van der Waals surface area contributed by atoms with Gasteiger partial charge in [-0.3, -0.25) is 0 Å². The summed E-state index contributed by atoms with van der Waals surface area (Å²) in [5.74, 6) is 0. The number of halogens is 1. The van der Waals surface area contributed by atoms with Crippen LogP contribution in [0.1, 0.15) is 5.56 Å². The zero-order chi connectivity index (χ0) is 15.9. The summed E-state index contributed by atoms with van der Waals surface area (Å²) >= 11 is 11.2. The van der Waals surface area contributed by atoms with E-state index in [1.807, 2.05) is 30.3 Å². The second-order valence-corrected chi connectivity index (χ2v) is 5.11. The number of amides is 2. The van der Waals surface area contributed by atoms with Gasteiger partial charge in [0.25, 0.3) is 0 Å². The molecule has 0 atom stereocenters. The summed E-state index contributed by atoms with van der Waals surface area (Å²) < 4.78 is 0. The van der Waals surface area contributed by atoms with E-state index in [1.165, 1.54) is 0 Å². The summed E-state index contributed by atoms with van der Waals surface area (Å²) in [6.45, 7) is 0. The highest BCUT2D eigenvalue weighted by Crippen LogP contribution is 2.14. The molecule has 22 heavy (non-hydrogen) atoms. The van der Waals surface area contributed by atoms with Crippen molar-refractivity contribution in [2.45, 2.75) is 0 Å². The van der Waals surface area contributed by atoms with Crippen LogP contribution >= 0.6 is 23.8 Å². The number of urea groups is 1. The highest BCUT2D eigenvalue weighted by atomic mass is 35.5. The number of nitrogens with zero attached hydrogens (tertiary/aromatic N) is 1. The van der Waals surface area contributed by atoms with Crippen LogP contribution in [0.5, 0.6) is 0 Å². The van der Waals surface area contributed by atoms with Gasteiger partial charge in [0.2, 0.25) is 0 Å². The normalized spacial score (nSPS) is 10.9. The lowest BCUT2D eigenvalue weighted by Crippen LogP contribution is -2.30. The summed E-state index contributed by atoms with van der Waals surface area (Å²) in [6, 6.07) is 15.5. The Balaban J connectivity index is 2.24. The molecule has 0 aliphatic rings. The molecule has 0 saturated heterocycles. The molecule has 7 heteroatoms. The van der Waals surface area contributed by atoms with Gasteiger partial charge >= 0.3 is 6.03 Å². The minimum Gasteiger partial charge on any atom is -0.350 e. The van der Waals surface area contributed by atoms with Crippen molar-refractivity contribution in [1.82, 2.24) is 5.43 Å². The monoisotopic (exact) mass is 332 g/mol. The van der Waals surface area contributed by atoms with E-state index >= 15 is 0 Å².